The molecule has 0 aliphatic heterocycles. The number of rotatable bonds is 4. The van der Waals surface area contributed by atoms with E-state index >= 15 is 0 Å². The summed E-state index contributed by atoms with van der Waals surface area (Å²) in [6, 6.07) is 14.2. The van der Waals surface area contributed by atoms with Crippen LogP contribution in [0.1, 0.15) is 41.9 Å². The molecule has 0 aliphatic rings. The molecule has 0 N–H and O–H groups in total. The number of halogens is 2. The fourth-order valence-electron chi connectivity index (χ4n) is 3.03. The summed E-state index contributed by atoms with van der Waals surface area (Å²) in [6.07, 6.45) is 3.81. The summed E-state index contributed by atoms with van der Waals surface area (Å²) < 4.78 is 1.78. The number of benzene rings is 1. The van der Waals surface area contributed by atoms with Gasteiger partial charge in [0.2, 0.25) is 0 Å². The Morgan fingerprint density at radius 2 is 1.41 bits per heavy atom. The van der Waals surface area contributed by atoms with E-state index < -0.39 is 0 Å². The molecule has 29 heavy (non-hydrogen) atoms. The second-order valence-corrected chi connectivity index (χ2v) is 8.48. The molecular formula is C22H24Cl2FeN4. The van der Waals surface area contributed by atoms with Crippen LogP contribution >= 0.6 is 20.2 Å². The molecule has 3 rings (SSSR count). The molecule has 154 valence electrons. The van der Waals surface area contributed by atoms with Gasteiger partial charge in [0.1, 0.15) is 0 Å². The zero-order valence-electron chi connectivity index (χ0n) is 17.1. The first-order valence-electron chi connectivity index (χ1n) is 9.00. The summed E-state index contributed by atoms with van der Waals surface area (Å²) in [6.45, 7) is 10.3. The third-order valence-corrected chi connectivity index (χ3v) is 4.26. The average Bonchev–Trinajstić information content (AvgIpc) is 3.18. The predicted octanol–water partition coefficient (Wildman–Crippen LogP) is 6.60. The van der Waals surface area contributed by atoms with Crippen molar-refractivity contribution in [1.29, 1.82) is 0 Å². The zero-order chi connectivity index (χ0) is 21.4. The normalized spacial score (nSPS) is 12.0. The van der Waals surface area contributed by atoms with Crippen molar-refractivity contribution in [2.75, 3.05) is 0 Å². The van der Waals surface area contributed by atoms with Crippen LogP contribution in [-0.4, -0.2) is 21.1 Å². The van der Waals surface area contributed by atoms with Crippen LogP contribution < -0.4 is 0 Å². The van der Waals surface area contributed by atoms with Gasteiger partial charge in [0.15, 0.2) is 0 Å². The van der Waals surface area contributed by atoms with Crippen molar-refractivity contribution in [1.82, 2.24) is 9.66 Å². The molecule has 0 unspecified atom stereocenters. The Hall–Kier alpha value is -1.91. The topological polar surface area (TPSA) is 42.5 Å². The van der Waals surface area contributed by atoms with Gasteiger partial charge >= 0.3 is 33.3 Å². The van der Waals surface area contributed by atoms with Crippen molar-refractivity contribution >= 4 is 37.3 Å². The second kappa shape index (κ2) is 11.3. The number of nitrogens with zero attached hydrogens (tertiary/aromatic N) is 4. The van der Waals surface area contributed by atoms with E-state index in [9.17, 15) is 0 Å². The van der Waals surface area contributed by atoms with Gasteiger partial charge in [-0.05, 0) is 70.0 Å². The number of pyridine rings is 1. The minimum absolute atomic E-state index is 0.194. The molecule has 0 spiro atoms. The summed E-state index contributed by atoms with van der Waals surface area (Å²) in [5.41, 5.74) is 8.12. The summed E-state index contributed by atoms with van der Waals surface area (Å²) in [5.74, 6) is 0. The maximum absolute atomic E-state index is 4.85. The van der Waals surface area contributed by atoms with Crippen LogP contribution in [0.15, 0.2) is 65.0 Å². The molecule has 0 saturated heterocycles. The summed E-state index contributed by atoms with van der Waals surface area (Å²) in [7, 11) is 9.53. The van der Waals surface area contributed by atoms with E-state index in [4.69, 9.17) is 30.2 Å². The van der Waals surface area contributed by atoms with Gasteiger partial charge in [0, 0.05) is 12.4 Å². The van der Waals surface area contributed by atoms with Crippen molar-refractivity contribution in [2.24, 2.45) is 10.1 Å². The summed E-state index contributed by atoms with van der Waals surface area (Å²) >= 11 is 0.194. The molecule has 0 radical (unpaired) electrons. The molecule has 0 fully saturated rings. The second-order valence-electron chi connectivity index (χ2n) is 6.65. The molecule has 0 atom stereocenters. The van der Waals surface area contributed by atoms with Crippen molar-refractivity contribution in [3.63, 3.8) is 0 Å². The van der Waals surface area contributed by atoms with Crippen LogP contribution in [0, 0.1) is 20.8 Å². The van der Waals surface area contributed by atoms with Gasteiger partial charge in [-0.15, -0.1) is 0 Å². The van der Waals surface area contributed by atoms with E-state index in [0.717, 1.165) is 28.5 Å². The minimum atomic E-state index is 0.194. The quantitative estimate of drug-likeness (QED) is 0.313. The Morgan fingerprint density at radius 3 is 1.97 bits per heavy atom. The standard InChI is InChI=1S/C22H24N4.2ClH.Fe/c1-15-13-16(2)22(17(3)14-15)23-18(4)20-9-8-10-21(24-20)19(5)25-26-11-6-7-12-26;;;/h6-14H,1-5H3;2*1H;/q;;;+2/p-2/b23-18?,25-19-;;;. The Balaban J connectivity index is 0.000000941. The van der Waals surface area contributed by atoms with Gasteiger partial charge in [0.25, 0.3) is 0 Å². The molecule has 7 heteroatoms. The third kappa shape index (κ3) is 6.83. The Kier molecular flexibility index (Phi) is 9.12. The average molecular weight is 471 g/mol. The van der Waals surface area contributed by atoms with Crippen molar-refractivity contribution in [3.8, 4) is 0 Å². The van der Waals surface area contributed by atoms with Gasteiger partial charge in [-0.25, -0.2) is 9.66 Å². The van der Waals surface area contributed by atoms with Crippen LogP contribution in [0.2, 0.25) is 0 Å². The van der Waals surface area contributed by atoms with Crippen LogP contribution in [0.4, 0.5) is 5.69 Å². The van der Waals surface area contributed by atoms with E-state index in [1.807, 2.05) is 56.6 Å². The van der Waals surface area contributed by atoms with Crippen LogP contribution in [0.3, 0.4) is 0 Å². The molecule has 1 aromatic carbocycles. The molecule has 0 aliphatic carbocycles. The molecular weight excluding hydrogens is 447 g/mol. The van der Waals surface area contributed by atoms with Crippen LogP contribution in [-0.2, 0) is 13.1 Å². The predicted molar refractivity (Wildman–Crippen MR) is 121 cm³/mol. The number of aliphatic imine (C=N–C) groups is 1. The first-order valence-corrected chi connectivity index (χ1v) is 12.0. The van der Waals surface area contributed by atoms with Gasteiger partial charge in [-0.1, -0.05) is 23.8 Å². The van der Waals surface area contributed by atoms with E-state index in [0.29, 0.717) is 0 Å². The Labute approximate surface area is 187 Å². The van der Waals surface area contributed by atoms with Gasteiger partial charge in [-0.3, -0.25) is 4.99 Å². The van der Waals surface area contributed by atoms with E-state index in [1.54, 1.807) is 4.68 Å². The van der Waals surface area contributed by atoms with Crippen molar-refractivity contribution < 1.29 is 13.1 Å². The maximum atomic E-state index is 4.85. The number of aromatic nitrogens is 2. The SMILES string of the molecule is CC(=Nc1c(C)cc(C)cc1C)c1cccc(/C(C)=N\n2cccc2)n1.[Cl][Fe][Cl]. The molecule has 0 amide bonds. The molecule has 2 aromatic heterocycles. The van der Waals surface area contributed by atoms with Crippen molar-refractivity contribution in [3.05, 3.63) is 82.9 Å². The molecule has 0 saturated carbocycles. The van der Waals surface area contributed by atoms with Crippen molar-refractivity contribution in [2.45, 2.75) is 34.6 Å². The zero-order valence-corrected chi connectivity index (χ0v) is 19.7. The van der Waals surface area contributed by atoms with E-state index in [2.05, 4.69) is 38.0 Å². The molecule has 3 aromatic rings. The third-order valence-electron chi connectivity index (χ3n) is 4.26. The summed E-state index contributed by atoms with van der Waals surface area (Å²) in [5, 5.41) is 4.54. The van der Waals surface area contributed by atoms with E-state index in [-0.39, 0.29) is 13.1 Å². The Bertz CT molecular complexity index is 988. The molecule has 0 bridgehead atoms. The van der Waals surface area contributed by atoms with Crippen LogP contribution in [0.5, 0.6) is 0 Å². The fraction of sp³-hybridized carbons (Fsp3) is 0.227. The Morgan fingerprint density at radius 1 is 0.897 bits per heavy atom. The fourth-order valence-corrected chi connectivity index (χ4v) is 3.03. The van der Waals surface area contributed by atoms with Gasteiger partial charge in [-0.2, -0.15) is 5.10 Å². The molecule has 4 nitrogen and oxygen atoms in total. The van der Waals surface area contributed by atoms with Crippen LogP contribution in [0.25, 0.3) is 0 Å². The molecule has 2 heterocycles. The first-order chi connectivity index (χ1) is 13.8. The number of hydrogen-bond acceptors (Lipinski definition) is 3. The van der Waals surface area contributed by atoms with Gasteiger partial charge < -0.3 is 0 Å². The monoisotopic (exact) mass is 470 g/mol. The summed E-state index contributed by atoms with van der Waals surface area (Å²) in [4.78, 5) is 9.61. The first kappa shape index (κ1) is 23.4. The number of aryl methyl sites for hydroxylation is 3. The number of hydrogen-bond donors (Lipinski definition) is 0. The van der Waals surface area contributed by atoms with E-state index in [1.165, 1.54) is 16.7 Å². The van der Waals surface area contributed by atoms with Gasteiger partial charge in [0.05, 0.1) is 28.5 Å².